The molecule has 1 unspecified atom stereocenters. The van der Waals surface area contributed by atoms with Gasteiger partial charge in [-0.25, -0.2) is 0 Å². The molecule has 1 aromatic carbocycles. The normalized spacial score (nSPS) is 11.3. The molecule has 1 atom stereocenters. The third-order valence-electron chi connectivity index (χ3n) is 3.82. The first-order valence-corrected chi connectivity index (χ1v) is 8.86. The largest absolute Gasteiger partial charge is 0.350 e. The van der Waals surface area contributed by atoms with Crippen LogP contribution in [0.4, 0.5) is 5.00 Å². The molecule has 2 aromatic rings. The fourth-order valence-electron chi connectivity index (χ4n) is 2.10. The Morgan fingerprint density at radius 3 is 2.40 bits per heavy atom. The van der Waals surface area contributed by atoms with E-state index in [-0.39, 0.29) is 30.3 Å². The summed E-state index contributed by atoms with van der Waals surface area (Å²) < 4.78 is 0. The average Bonchev–Trinajstić information content (AvgIpc) is 3.07. The van der Waals surface area contributed by atoms with Crippen molar-refractivity contribution < 1.29 is 9.59 Å². The number of hydrogen-bond donors (Lipinski definition) is 3. The van der Waals surface area contributed by atoms with E-state index in [4.69, 9.17) is 0 Å². The molecule has 1 heterocycles. The molecular formula is C18H24ClN3O2S. The van der Waals surface area contributed by atoms with Crippen LogP contribution in [0.1, 0.15) is 40.1 Å². The second kappa shape index (κ2) is 10.2. The highest BCUT2D eigenvalue weighted by atomic mass is 35.5. The van der Waals surface area contributed by atoms with Crippen LogP contribution in [-0.4, -0.2) is 31.4 Å². The monoisotopic (exact) mass is 381 g/mol. The summed E-state index contributed by atoms with van der Waals surface area (Å²) >= 11 is 1.34. The second-order valence-electron chi connectivity index (χ2n) is 5.57. The van der Waals surface area contributed by atoms with E-state index in [0.29, 0.717) is 22.7 Å². The molecule has 0 fully saturated rings. The van der Waals surface area contributed by atoms with Crippen molar-refractivity contribution in [1.29, 1.82) is 0 Å². The number of carbonyl (C=O) groups is 2. The minimum absolute atomic E-state index is 0. The summed E-state index contributed by atoms with van der Waals surface area (Å²) in [5.41, 5.74) is 2.25. The summed E-state index contributed by atoms with van der Waals surface area (Å²) in [6.07, 6.45) is 0.933. The van der Waals surface area contributed by atoms with Crippen molar-refractivity contribution in [3.8, 4) is 0 Å². The number of hydrogen-bond acceptors (Lipinski definition) is 4. The zero-order chi connectivity index (χ0) is 17.5. The van der Waals surface area contributed by atoms with Gasteiger partial charge in [0.25, 0.3) is 11.8 Å². The topological polar surface area (TPSA) is 70.2 Å². The van der Waals surface area contributed by atoms with Crippen molar-refractivity contribution in [3.05, 3.63) is 52.4 Å². The molecule has 2 rings (SSSR count). The number of benzene rings is 1. The molecule has 0 aliphatic rings. The molecule has 5 nitrogen and oxygen atoms in total. The number of amides is 2. The molecule has 25 heavy (non-hydrogen) atoms. The number of anilines is 1. The van der Waals surface area contributed by atoms with Gasteiger partial charge in [-0.15, -0.1) is 23.7 Å². The fraction of sp³-hybridized carbons (Fsp3) is 0.333. The van der Waals surface area contributed by atoms with Gasteiger partial charge >= 0.3 is 0 Å². The smallest absolute Gasteiger partial charge is 0.256 e. The summed E-state index contributed by atoms with van der Waals surface area (Å²) in [6.45, 7) is 4.58. The SMILES string of the molecule is CCc1ccc(C(=O)Nc2sccc2C(=O)NCC(C)NC)cc1.Cl. The van der Waals surface area contributed by atoms with E-state index in [9.17, 15) is 9.59 Å². The maximum absolute atomic E-state index is 12.4. The molecular weight excluding hydrogens is 358 g/mol. The fourth-order valence-corrected chi connectivity index (χ4v) is 2.87. The van der Waals surface area contributed by atoms with E-state index in [1.807, 2.05) is 26.1 Å². The molecule has 136 valence electrons. The predicted molar refractivity (Wildman–Crippen MR) is 106 cm³/mol. The lowest BCUT2D eigenvalue weighted by Crippen LogP contribution is -2.37. The zero-order valence-electron chi connectivity index (χ0n) is 14.6. The number of carbonyl (C=O) groups excluding carboxylic acids is 2. The quantitative estimate of drug-likeness (QED) is 0.689. The Hall–Kier alpha value is -1.89. The minimum atomic E-state index is -0.210. The maximum Gasteiger partial charge on any atom is 0.256 e. The van der Waals surface area contributed by atoms with E-state index >= 15 is 0 Å². The Kier molecular flexibility index (Phi) is 8.61. The lowest BCUT2D eigenvalue weighted by Gasteiger charge is -2.12. The summed E-state index contributed by atoms with van der Waals surface area (Å²) in [5, 5.41) is 11.1. The van der Waals surface area contributed by atoms with Crippen molar-refractivity contribution in [2.45, 2.75) is 26.3 Å². The van der Waals surface area contributed by atoms with Crippen LogP contribution in [-0.2, 0) is 6.42 Å². The molecule has 0 saturated carbocycles. The summed E-state index contributed by atoms with van der Waals surface area (Å²) in [6, 6.07) is 9.39. The van der Waals surface area contributed by atoms with E-state index in [1.54, 1.807) is 23.6 Å². The van der Waals surface area contributed by atoms with E-state index < -0.39 is 0 Å². The van der Waals surface area contributed by atoms with E-state index in [0.717, 1.165) is 6.42 Å². The Bertz CT molecular complexity index is 701. The average molecular weight is 382 g/mol. The highest BCUT2D eigenvalue weighted by Crippen LogP contribution is 2.24. The molecule has 3 N–H and O–H groups in total. The maximum atomic E-state index is 12.4. The van der Waals surface area contributed by atoms with Crippen molar-refractivity contribution >= 4 is 40.6 Å². The van der Waals surface area contributed by atoms with Crippen LogP contribution in [0.2, 0.25) is 0 Å². The van der Waals surface area contributed by atoms with Gasteiger partial charge in [-0.3, -0.25) is 9.59 Å². The van der Waals surface area contributed by atoms with Gasteiger partial charge in [0.05, 0.1) is 5.56 Å². The Labute approximate surface area is 158 Å². The van der Waals surface area contributed by atoms with Crippen LogP contribution in [0.15, 0.2) is 35.7 Å². The van der Waals surface area contributed by atoms with Gasteiger partial charge in [0.15, 0.2) is 0 Å². The van der Waals surface area contributed by atoms with E-state index in [1.165, 1.54) is 16.9 Å². The van der Waals surface area contributed by atoms with Crippen LogP contribution < -0.4 is 16.0 Å². The predicted octanol–water partition coefficient (Wildman–Crippen LogP) is 3.32. The summed E-state index contributed by atoms with van der Waals surface area (Å²) in [7, 11) is 1.84. The highest BCUT2D eigenvalue weighted by Gasteiger charge is 2.16. The standard InChI is InChI=1S/C18H23N3O2S.ClH/c1-4-13-5-7-14(8-6-13)16(22)21-18-15(9-10-24-18)17(23)20-11-12(2)19-3;/h5-10,12,19H,4,11H2,1-3H3,(H,20,23)(H,21,22);1H. The molecule has 0 radical (unpaired) electrons. The lowest BCUT2D eigenvalue weighted by molar-refractivity contribution is 0.0952. The van der Waals surface area contributed by atoms with Gasteiger partial charge in [0, 0.05) is 18.2 Å². The van der Waals surface area contributed by atoms with Crippen LogP contribution in [0.25, 0.3) is 0 Å². The number of thiophene rings is 1. The van der Waals surface area contributed by atoms with Gasteiger partial charge < -0.3 is 16.0 Å². The molecule has 0 bridgehead atoms. The minimum Gasteiger partial charge on any atom is -0.350 e. The van der Waals surface area contributed by atoms with Crippen molar-refractivity contribution in [2.75, 3.05) is 18.9 Å². The van der Waals surface area contributed by atoms with Crippen molar-refractivity contribution in [1.82, 2.24) is 10.6 Å². The lowest BCUT2D eigenvalue weighted by atomic mass is 10.1. The first kappa shape index (κ1) is 21.2. The van der Waals surface area contributed by atoms with Gasteiger partial charge in [-0.05, 0) is 49.5 Å². The second-order valence-corrected chi connectivity index (χ2v) is 6.48. The van der Waals surface area contributed by atoms with Gasteiger partial charge in [-0.1, -0.05) is 19.1 Å². The van der Waals surface area contributed by atoms with Gasteiger partial charge in [-0.2, -0.15) is 0 Å². The number of nitrogens with one attached hydrogen (secondary N) is 3. The van der Waals surface area contributed by atoms with Crippen LogP contribution >= 0.6 is 23.7 Å². The number of likely N-dealkylation sites (N-methyl/N-ethyl adjacent to an activating group) is 1. The third-order valence-corrected chi connectivity index (χ3v) is 4.65. The van der Waals surface area contributed by atoms with Crippen molar-refractivity contribution in [2.24, 2.45) is 0 Å². The molecule has 0 saturated heterocycles. The Morgan fingerprint density at radius 1 is 1.12 bits per heavy atom. The highest BCUT2D eigenvalue weighted by molar-refractivity contribution is 7.14. The molecule has 0 spiro atoms. The Balaban J connectivity index is 0.00000312. The zero-order valence-corrected chi connectivity index (χ0v) is 16.2. The van der Waals surface area contributed by atoms with Crippen LogP contribution in [0.3, 0.4) is 0 Å². The first-order chi connectivity index (χ1) is 11.5. The van der Waals surface area contributed by atoms with Crippen molar-refractivity contribution in [3.63, 3.8) is 0 Å². The van der Waals surface area contributed by atoms with Crippen LogP contribution in [0.5, 0.6) is 0 Å². The third kappa shape index (κ3) is 5.85. The summed E-state index contributed by atoms with van der Waals surface area (Å²) in [4.78, 5) is 24.6. The molecule has 0 aliphatic carbocycles. The summed E-state index contributed by atoms with van der Waals surface area (Å²) in [5.74, 6) is -0.396. The Morgan fingerprint density at radius 2 is 1.80 bits per heavy atom. The van der Waals surface area contributed by atoms with Gasteiger partial charge in [0.1, 0.15) is 5.00 Å². The number of halogens is 1. The first-order valence-electron chi connectivity index (χ1n) is 7.98. The molecule has 1 aromatic heterocycles. The molecule has 2 amide bonds. The van der Waals surface area contributed by atoms with Gasteiger partial charge in [0.2, 0.25) is 0 Å². The van der Waals surface area contributed by atoms with E-state index in [2.05, 4.69) is 22.9 Å². The number of aryl methyl sites for hydroxylation is 1. The molecule has 0 aliphatic heterocycles. The number of rotatable bonds is 7. The van der Waals surface area contributed by atoms with Crippen LogP contribution in [0, 0.1) is 0 Å². The molecule has 7 heteroatoms.